The molecule has 1 aromatic carbocycles. The molecule has 1 aromatic heterocycles. The van der Waals surface area contributed by atoms with E-state index in [9.17, 15) is 19.1 Å². The Balaban J connectivity index is 1.61. The molecule has 0 spiro atoms. The van der Waals surface area contributed by atoms with Crippen LogP contribution in [-0.2, 0) is 24.3 Å². The summed E-state index contributed by atoms with van der Waals surface area (Å²) in [5.41, 5.74) is 2.11. The van der Waals surface area contributed by atoms with Gasteiger partial charge < -0.3 is 15.3 Å². The number of aliphatic hydroxyl groups excluding tert-OH is 1. The van der Waals surface area contributed by atoms with Crippen LogP contribution in [0.2, 0.25) is 5.02 Å². The first-order chi connectivity index (χ1) is 14.3. The SMILES string of the molecule is B[C@@H]1Cc2nn3c(c2CN1C(=O)Nc1ccc(F)c(Cl)c1)C(=O)N(C)O[C@@H](CO)C3. The van der Waals surface area contributed by atoms with Gasteiger partial charge in [0.15, 0.2) is 0 Å². The molecule has 2 N–H and O–H groups in total. The van der Waals surface area contributed by atoms with Crippen molar-refractivity contribution in [3.63, 3.8) is 0 Å². The van der Waals surface area contributed by atoms with E-state index < -0.39 is 18.0 Å². The molecule has 30 heavy (non-hydrogen) atoms. The normalized spacial score (nSPS) is 21.1. The van der Waals surface area contributed by atoms with E-state index in [4.69, 9.17) is 16.4 Å². The fourth-order valence-electron chi connectivity index (χ4n) is 3.75. The maximum Gasteiger partial charge on any atom is 0.321 e. The molecular weight excluding hydrogens is 415 g/mol. The zero-order chi connectivity index (χ0) is 21.6. The predicted molar refractivity (Wildman–Crippen MR) is 108 cm³/mol. The average Bonchev–Trinajstić information content (AvgIpc) is 2.99. The Kier molecular flexibility index (Phi) is 5.43. The molecule has 4 rings (SSSR count). The highest BCUT2D eigenvalue weighted by Gasteiger charge is 2.37. The Morgan fingerprint density at radius 1 is 1.50 bits per heavy atom. The van der Waals surface area contributed by atoms with Gasteiger partial charge >= 0.3 is 6.03 Å². The standard InChI is InChI=1S/C18H20BClFN5O4/c1-24-17(28)16-11-7-25(18(29)22-9-2-3-13(21)12(20)4-9)15(19)5-14(11)23-26(16)6-10(8-27)30-24/h2-4,10,15,27H,5-8,19H2,1H3,(H,22,29)/t10-,15+/m1/s1. The lowest BCUT2D eigenvalue weighted by Gasteiger charge is -2.33. The molecule has 0 fully saturated rings. The number of fused-ring (bicyclic) bond motifs is 3. The first-order valence-electron chi connectivity index (χ1n) is 9.45. The number of nitrogens with one attached hydrogen (secondary N) is 1. The van der Waals surface area contributed by atoms with Crippen LogP contribution in [0.25, 0.3) is 0 Å². The number of halogens is 2. The highest BCUT2D eigenvalue weighted by atomic mass is 35.5. The van der Waals surface area contributed by atoms with E-state index in [-0.39, 0.29) is 36.6 Å². The van der Waals surface area contributed by atoms with E-state index in [1.54, 1.807) is 9.58 Å². The van der Waals surface area contributed by atoms with Gasteiger partial charge in [0.1, 0.15) is 25.5 Å². The molecule has 2 aliphatic rings. The summed E-state index contributed by atoms with van der Waals surface area (Å²) < 4.78 is 14.9. The van der Waals surface area contributed by atoms with E-state index in [1.807, 2.05) is 7.85 Å². The lowest BCUT2D eigenvalue weighted by molar-refractivity contribution is -0.159. The summed E-state index contributed by atoms with van der Waals surface area (Å²) in [6.07, 6.45) is -0.129. The third kappa shape index (κ3) is 3.64. The molecule has 3 heterocycles. The molecule has 158 valence electrons. The number of aromatic nitrogens is 2. The van der Waals surface area contributed by atoms with Crippen LogP contribution in [0.4, 0.5) is 14.9 Å². The van der Waals surface area contributed by atoms with Crippen molar-refractivity contribution in [2.45, 2.75) is 31.6 Å². The molecule has 0 saturated heterocycles. The second kappa shape index (κ2) is 7.90. The zero-order valence-electron chi connectivity index (χ0n) is 16.4. The van der Waals surface area contributed by atoms with Crippen molar-refractivity contribution in [1.29, 1.82) is 0 Å². The van der Waals surface area contributed by atoms with Crippen LogP contribution < -0.4 is 5.32 Å². The smallest absolute Gasteiger partial charge is 0.321 e. The second-order valence-corrected chi connectivity index (χ2v) is 7.82. The number of carbonyl (C=O) groups is 2. The van der Waals surface area contributed by atoms with Crippen LogP contribution in [0.1, 0.15) is 21.7 Å². The first-order valence-corrected chi connectivity index (χ1v) is 9.83. The number of carbonyl (C=O) groups excluding carboxylic acids is 2. The number of aliphatic hydroxyl groups is 1. The molecule has 2 aromatic rings. The van der Waals surface area contributed by atoms with E-state index >= 15 is 0 Å². The molecule has 12 heteroatoms. The summed E-state index contributed by atoms with van der Waals surface area (Å²) in [4.78, 5) is 32.7. The number of nitrogens with zero attached hydrogens (tertiary/aromatic N) is 4. The van der Waals surface area contributed by atoms with Gasteiger partial charge in [-0.25, -0.2) is 14.2 Å². The molecule has 2 atom stereocenters. The summed E-state index contributed by atoms with van der Waals surface area (Å²) >= 11 is 5.79. The molecule has 3 amide bonds. The van der Waals surface area contributed by atoms with Crippen LogP contribution in [0.15, 0.2) is 18.2 Å². The number of urea groups is 1. The van der Waals surface area contributed by atoms with Crippen molar-refractivity contribution in [1.82, 2.24) is 19.7 Å². The quantitative estimate of drug-likeness (QED) is 0.673. The Hall–Kier alpha value is -2.63. The third-order valence-corrected chi connectivity index (χ3v) is 5.58. The van der Waals surface area contributed by atoms with Gasteiger partial charge in [0, 0.05) is 30.7 Å². The molecule has 9 nitrogen and oxygen atoms in total. The minimum absolute atomic E-state index is 0.0872. The second-order valence-electron chi connectivity index (χ2n) is 7.41. The van der Waals surface area contributed by atoms with Crippen molar-refractivity contribution >= 4 is 37.1 Å². The molecule has 0 radical (unpaired) electrons. The molecular formula is C18H20BClFN5O4. The van der Waals surface area contributed by atoms with Gasteiger partial charge in [-0.3, -0.25) is 14.3 Å². The van der Waals surface area contributed by atoms with Crippen LogP contribution in [0, 0.1) is 5.82 Å². The summed E-state index contributed by atoms with van der Waals surface area (Å²) in [5, 5.41) is 17.7. The first kappa shape index (κ1) is 20.6. The van der Waals surface area contributed by atoms with Gasteiger partial charge in [-0.05, 0) is 18.2 Å². The van der Waals surface area contributed by atoms with E-state index in [0.717, 1.165) is 10.8 Å². The molecule has 0 saturated carbocycles. The monoisotopic (exact) mass is 435 g/mol. The van der Waals surface area contributed by atoms with Crippen LogP contribution >= 0.6 is 11.6 Å². The van der Waals surface area contributed by atoms with Gasteiger partial charge in [0.25, 0.3) is 5.91 Å². The number of hydroxylamine groups is 2. The van der Waals surface area contributed by atoms with Crippen LogP contribution in [0.5, 0.6) is 0 Å². The minimum atomic E-state index is -0.596. The summed E-state index contributed by atoms with van der Waals surface area (Å²) in [7, 11) is 3.37. The zero-order valence-corrected chi connectivity index (χ0v) is 17.2. The van der Waals surface area contributed by atoms with Gasteiger partial charge in [-0.15, -0.1) is 0 Å². The van der Waals surface area contributed by atoms with Crippen molar-refractivity contribution in [2.75, 3.05) is 19.0 Å². The Morgan fingerprint density at radius 2 is 2.27 bits per heavy atom. The third-order valence-electron chi connectivity index (χ3n) is 5.29. The Morgan fingerprint density at radius 3 is 2.97 bits per heavy atom. The maximum atomic E-state index is 13.4. The average molecular weight is 436 g/mol. The van der Waals surface area contributed by atoms with Gasteiger partial charge in [0.2, 0.25) is 0 Å². The highest BCUT2D eigenvalue weighted by Crippen LogP contribution is 2.29. The minimum Gasteiger partial charge on any atom is -0.393 e. The van der Waals surface area contributed by atoms with Gasteiger partial charge in [-0.2, -0.15) is 5.10 Å². The van der Waals surface area contributed by atoms with Crippen molar-refractivity contribution in [3.05, 3.63) is 46.0 Å². The topological polar surface area (TPSA) is 99.9 Å². The number of benzene rings is 1. The molecule has 2 aliphatic heterocycles. The summed E-state index contributed by atoms with van der Waals surface area (Å²) in [6.45, 7) is 0.145. The number of hydrogen-bond acceptors (Lipinski definition) is 5. The number of rotatable bonds is 2. The fourth-order valence-corrected chi connectivity index (χ4v) is 3.93. The number of anilines is 1. The molecule has 0 aliphatic carbocycles. The molecule has 0 bridgehead atoms. The largest absolute Gasteiger partial charge is 0.393 e. The van der Waals surface area contributed by atoms with E-state index in [0.29, 0.717) is 23.4 Å². The Labute approximate surface area is 177 Å². The van der Waals surface area contributed by atoms with Gasteiger partial charge in [-0.1, -0.05) is 11.6 Å². The van der Waals surface area contributed by atoms with Gasteiger partial charge in [0.05, 0.1) is 30.4 Å². The van der Waals surface area contributed by atoms with Crippen molar-refractivity contribution < 1.29 is 23.9 Å². The number of hydrogen-bond donors (Lipinski definition) is 2. The van der Waals surface area contributed by atoms with Crippen LogP contribution in [0.3, 0.4) is 0 Å². The van der Waals surface area contributed by atoms with Crippen molar-refractivity contribution in [3.8, 4) is 0 Å². The summed E-state index contributed by atoms with van der Waals surface area (Å²) in [6, 6.07) is 3.55. The van der Waals surface area contributed by atoms with Crippen molar-refractivity contribution in [2.24, 2.45) is 0 Å². The predicted octanol–water partition coefficient (Wildman–Crippen LogP) is 0.603. The number of amides is 3. The lowest BCUT2D eigenvalue weighted by atomic mass is 9.85. The highest BCUT2D eigenvalue weighted by molar-refractivity contribution is 6.31. The Bertz CT molecular complexity index is 1020. The maximum absolute atomic E-state index is 13.4. The van der Waals surface area contributed by atoms with Crippen LogP contribution in [-0.4, -0.2) is 70.3 Å². The summed E-state index contributed by atoms with van der Waals surface area (Å²) in [5.74, 6) is -1.13. The fraction of sp³-hybridized carbons (Fsp3) is 0.389. The lowest BCUT2D eigenvalue weighted by Crippen LogP contribution is -2.47. The van der Waals surface area contributed by atoms with E-state index in [2.05, 4.69) is 10.4 Å². The molecule has 0 unspecified atom stereocenters. The van der Waals surface area contributed by atoms with E-state index in [1.165, 1.54) is 25.2 Å².